The number of nitrogens with zero attached hydrogens (tertiary/aromatic N) is 2. The van der Waals surface area contributed by atoms with Gasteiger partial charge in [-0.25, -0.2) is 9.97 Å². The van der Waals surface area contributed by atoms with Crippen LogP contribution in [0.25, 0.3) is 0 Å². The third kappa shape index (κ3) is 6.36. The van der Waals surface area contributed by atoms with Crippen LogP contribution >= 0.6 is 11.6 Å². The molecule has 2 aromatic heterocycles. The van der Waals surface area contributed by atoms with Gasteiger partial charge in [-0.1, -0.05) is 45.4 Å². The van der Waals surface area contributed by atoms with Crippen molar-refractivity contribution in [1.29, 1.82) is 0 Å². The Labute approximate surface area is 150 Å². The van der Waals surface area contributed by atoms with Crippen LogP contribution in [-0.2, 0) is 0 Å². The molecule has 0 unspecified atom stereocenters. The second kappa shape index (κ2) is 10.1. The number of halogens is 1. The smallest absolute Gasteiger partial charge is 0.213 e. The molecule has 2 rings (SSSR count). The van der Waals surface area contributed by atoms with Crippen molar-refractivity contribution in [2.75, 3.05) is 13.7 Å². The zero-order chi connectivity index (χ0) is 18.1. The molecule has 4 nitrogen and oxygen atoms in total. The van der Waals surface area contributed by atoms with Crippen molar-refractivity contribution in [2.24, 2.45) is 0 Å². The van der Waals surface area contributed by atoms with Crippen molar-refractivity contribution in [3.63, 3.8) is 0 Å². The summed E-state index contributed by atoms with van der Waals surface area (Å²) >= 11 is 5.84. The number of aromatic nitrogens is 2. The molecule has 132 valence electrons. The highest BCUT2D eigenvalue weighted by Gasteiger charge is 2.05. The van der Waals surface area contributed by atoms with Crippen molar-refractivity contribution < 1.29 is 9.47 Å². The third-order valence-electron chi connectivity index (χ3n) is 3.37. The highest BCUT2D eigenvalue weighted by Crippen LogP contribution is 2.24. The van der Waals surface area contributed by atoms with Crippen LogP contribution in [0.1, 0.15) is 57.7 Å². The summed E-state index contributed by atoms with van der Waals surface area (Å²) in [6.07, 6.45) is 1.87. The lowest BCUT2D eigenvalue weighted by Gasteiger charge is -2.06. The molecule has 0 aliphatic heterocycles. The summed E-state index contributed by atoms with van der Waals surface area (Å²) in [5.74, 6) is 2.27. The van der Waals surface area contributed by atoms with Crippen LogP contribution in [0.15, 0.2) is 30.5 Å². The molecule has 0 amide bonds. The lowest BCUT2D eigenvalue weighted by atomic mass is 10.1. The van der Waals surface area contributed by atoms with E-state index in [0.717, 1.165) is 5.69 Å². The van der Waals surface area contributed by atoms with Crippen molar-refractivity contribution >= 4 is 11.6 Å². The average molecular weight is 351 g/mol. The first-order chi connectivity index (χ1) is 11.4. The molecule has 0 atom stereocenters. The van der Waals surface area contributed by atoms with Crippen molar-refractivity contribution in [2.45, 2.75) is 46.5 Å². The predicted molar refractivity (Wildman–Crippen MR) is 99.4 cm³/mol. The highest BCUT2D eigenvalue weighted by molar-refractivity contribution is 6.30. The summed E-state index contributed by atoms with van der Waals surface area (Å²) in [6.45, 7) is 11.1. The molecule has 24 heavy (non-hydrogen) atoms. The van der Waals surface area contributed by atoms with Crippen LogP contribution in [0.5, 0.6) is 11.6 Å². The monoisotopic (exact) mass is 350 g/mol. The maximum Gasteiger partial charge on any atom is 0.213 e. The first-order valence-electron chi connectivity index (χ1n) is 8.18. The van der Waals surface area contributed by atoms with E-state index in [-0.39, 0.29) is 0 Å². The van der Waals surface area contributed by atoms with E-state index < -0.39 is 0 Å². The Morgan fingerprint density at radius 2 is 1.75 bits per heavy atom. The predicted octanol–water partition coefficient (Wildman–Crippen LogP) is 5.47. The summed E-state index contributed by atoms with van der Waals surface area (Å²) < 4.78 is 10.2. The standard InChI is InChI=1S/C10H15NO.C9H12ClNO/c1-4-12-10-6-5-9(7-11-10)8(2)3;1-6(2)7-4-5-8(12-3)9(10)11-7/h5-8H,4H2,1-3H3;4-6H,1-3H3. The molecule has 0 bridgehead atoms. The molecule has 5 heteroatoms. The first-order valence-corrected chi connectivity index (χ1v) is 8.56. The van der Waals surface area contributed by atoms with Gasteiger partial charge < -0.3 is 9.47 Å². The Bertz CT molecular complexity index is 613. The van der Waals surface area contributed by atoms with E-state index >= 15 is 0 Å². The summed E-state index contributed by atoms with van der Waals surface area (Å²) in [5.41, 5.74) is 2.24. The normalized spacial score (nSPS) is 10.4. The molecule has 0 saturated carbocycles. The Hall–Kier alpha value is -1.81. The van der Waals surface area contributed by atoms with E-state index in [2.05, 4.69) is 43.7 Å². The maximum absolute atomic E-state index is 5.84. The minimum absolute atomic E-state index is 0.397. The van der Waals surface area contributed by atoms with Gasteiger partial charge in [0.05, 0.1) is 13.7 Å². The first kappa shape index (κ1) is 20.2. The van der Waals surface area contributed by atoms with Crippen LogP contribution < -0.4 is 9.47 Å². The molecular weight excluding hydrogens is 324 g/mol. The van der Waals surface area contributed by atoms with Gasteiger partial charge in [0.15, 0.2) is 10.9 Å². The molecule has 0 aliphatic rings. The topological polar surface area (TPSA) is 44.2 Å². The number of rotatable bonds is 5. The zero-order valence-corrected chi connectivity index (χ0v) is 16.1. The van der Waals surface area contributed by atoms with Crippen LogP contribution in [-0.4, -0.2) is 23.7 Å². The van der Waals surface area contributed by atoms with Gasteiger partial charge in [-0.2, -0.15) is 0 Å². The fourth-order valence-electron chi connectivity index (χ4n) is 1.88. The molecule has 0 fully saturated rings. The lowest BCUT2D eigenvalue weighted by Crippen LogP contribution is -1.95. The van der Waals surface area contributed by atoms with E-state index in [9.17, 15) is 0 Å². The van der Waals surface area contributed by atoms with E-state index in [0.29, 0.717) is 35.2 Å². The summed E-state index contributed by atoms with van der Waals surface area (Å²) in [7, 11) is 1.58. The molecule has 0 aliphatic carbocycles. The Morgan fingerprint density at radius 3 is 2.17 bits per heavy atom. The van der Waals surface area contributed by atoms with E-state index in [1.54, 1.807) is 7.11 Å². The molecular formula is C19H27ClN2O2. The van der Waals surface area contributed by atoms with Crippen LogP contribution in [0.3, 0.4) is 0 Å². The molecule has 2 aromatic rings. The van der Waals surface area contributed by atoms with E-state index in [1.165, 1.54) is 5.56 Å². The second-order valence-corrected chi connectivity index (χ2v) is 6.26. The lowest BCUT2D eigenvalue weighted by molar-refractivity contribution is 0.326. The molecule has 0 N–H and O–H groups in total. The van der Waals surface area contributed by atoms with Gasteiger partial charge in [0.25, 0.3) is 0 Å². The number of hydrogen-bond acceptors (Lipinski definition) is 4. The summed E-state index contributed by atoms with van der Waals surface area (Å²) in [6, 6.07) is 7.74. The molecule has 0 radical (unpaired) electrons. The van der Waals surface area contributed by atoms with Crippen molar-refractivity contribution in [3.8, 4) is 11.6 Å². The molecule has 0 aromatic carbocycles. The van der Waals surface area contributed by atoms with Gasteiger partial charge in [-0.15, -0.1) is 0 Å². The van der Waals surface area contributed by atoms with Gasteiger partial charge in [0.2, 0.25) is 5.88 Å². The van der Waals surface area contributed by atoms with Crippen molar-refractivity contribution in [3.05, 3.63) is 46.9 Å². The summed E-state index contributed by atoms with van der Waals surface area (Å²) in [4.78, 5) is 8.35. The number of pyridine rings is 2. The Kier molecular flexibility index (Phi) is 8.55. The number of methoxy groups -OCH3 is 1. The second-order valence-electron chi connectivity index (χ2n) is 5.90. The number of ether oxygens (including phenoxy) is 2. The SMILES string of the molecule is CCOc1ccc(C(C)C)cn1.COc1ccc(C(C)C)nc1Cl. The van der Waals surface area contributed by atoms with Crippen LogP contribution in [0.4, 0.5) is 0 Å². The highest BCUT2D eigenvalue weighted by atomic mass is 35.5. The minimum atomic E-state index is 0.397. The average Bonchev–Trinajstić information content (AvgIpc) is 2.56. The van der Waals surface area contributed by atoms with Gasteiger partial charge in [0, 0.05) is 18.0 Å². The van der Waals surface area contributed by atoms with E-state index in [4.69, 9.17) is 21.1 Å². The maximum atomic E-state index is 5.84. The van der Waals surface area contributed by atoms with Gasteiger partial charge in [-0.3, -0.25) is 0 Å². The largest absolute Gasteiger partial charge is 0.494 e. The summed E-state index contributed by atoms with van der Waals surface area (Å²) in [5, 5.41) is 0.434. The molecule has 0 spiro atoms. The Balaban J connectivity index is 0.000000240. The number of hydrogen-bond donors (Lipinski definition) is 0. The van der Waals surface area contributed by atoms with Gasteiger partial charge in [-0.05, 0) is 36.5 Å². The third-order valence-corrected chi connectivity index (χ3v) is 3.64. The van der Waals surface area contributed by atoms with Gasteiger partial charge >= 0.3 is 0 Å². The van der Waals surface area contributed by atoms with Crippen LogP contribution in [0, 0.1) is 0 Å². The molecule has 0 saturated heterocycles. The minimum Gasteiger partial charge on any atom is -0.494 e. The quantitative estimate of drug-likeness (QED) is 0.670. The van der Waals surface area contributed by atoms with E-state index in [1.807, 2.05) is 31.3 Å². The van der Waals surface area contributed by atoms with Gasteiger partial charge in [0.1, 0.15) is 0 Å². The fourth-order valence-corrected chi connectivity index (χ4v) is 2.11. The van der Waals surface area contributed by atoms with Crippen LogP contribution in [0.2, 0.25) is 5.15 Å². The zero-order valence-electron chi connectivity index (χ0n) is 15.3. The Morgan fingerprint density at radius 1 is 1.04 bits per heavy atom. The fraction of sp³-hybridized carbons (Fsp3) is 0.474. The van der Waals surface area contributed by atoms with Crippen molar-refractivity contribution in [1.82, 2.24) is 9.97 Å². The molecule has 2 heterocycles.